The smallest absolute Gasteiger partial charge is 0.329 e. The van der Waals surface area contributed by atoms with Crippen LogP contribution in [0, 0.1) is 0 Å². The number of methoxy groups -OCH3 is 1. The minimum atomic E-state index is -1.07. The third-order valence-corrected chi connectivity index (χ3v) is 3.53. The highest BCUT2D eigenvalue weighted by Crippen LogP contribution is 2.28. The van der Waals surface area contributed by atoms with E-state index in [0.29, 0.717) is 26.0 Å². The van der Waals surface area contributed by atoms with Gasteiger partial charge in [-0.2, -0.15) is 0 Å². The first-order chi connectivity index (χ1) is 9.10. The average molecular weight is 272 g/mol. The van der Waals surface area contributed by atoms with Crippen molar-refractivity contribution in [2.75, 3.05) is 20.3 Å². The number of hydrogen-bond donors (Lipinski definition) is 3. The zero-order valence-corrected chi connectivity index (χ0v) is 11.5. The van der Waals surface area contributed by atoms with Crippen LogP contribution >= 0.6 is 0 Å². The Labute approximate surface area is 113 Å². The number of rotatable bonds is 7. The lowest BCUT2D eigenvalue weighted by atomic mass is 9.82. The minimum Gasteiger partial charge on any atom is -0.480 e. The van der Waals surface area contributed by atoms with Gasteiger partial charge in [0.1, 0.15) is 5.54 Å². The fourth-order valence-corrected chi connectivity index (χ4v) is 2.38. The summed E-state index contributed by atoms with van der Waals surface area (Å²) in [5.74, 6) is -0.929. The molecule has 0 unspecified atom stereocenters. The van der Waals surface area contributed by atoms with Gasteiger partial charge in [0.25, 0.3) is 0 Å². The third kappa shape index (κ3) is 5.06. The van der Waals surface area contributed by atoms with Gasteiger partial charge in [0.15, 0.2) is 0 Å². The summed E-state index contributed by atoms with van der Waals surface area (Å²) >= 11 is 0. The molecule has 2 amide bonds. The van der Waals surface area contributed by atoms with Crippen LogP contribution in [0.1, 0.15) is 44.9 Å². The third-order valence-electron chi connectivity index (χ3n) is 3.53. The highest BCUT2D eigenvalue weighted by atomic mass is 16.5. The number of carboxylic acid groups (broad SMARTS) is 1. The number of amides is 2. The normalized spacial score (nSPS) is 17.7. The van der Waals surface area contributed by atoms with Crippen LogP contribution in [0.25, 0.3) is 0 Å². The first-order valence-corrected chi connectivity index (χ1v) is 6.89. The zero-order chi connectivity index (χ0) is 14.1. The van der Waals surface area contributed by atoms with Crippen molar-refractivity contribution in [1.82, 2.24) is 10.6 Å². The summed E-state index contributed by atoms with van der Waals surface area (Å²) in [6, 6.07) is -0.387. The van der Waals surface area contributed by atoms with Crippen molar-refractivity contribution >= 4 is 12.0 Å². The van der Waals surface area contributed by atoms with Gasteiger partial charge in [0.05, 0.1) is 0 Å². The van der Waals surface area contributed by atoms with Crippen LogP contribution in [0.4, 0.5) is 4.79 Å². The molecule has 6 heteroatoms. The molecule has 6 nitrogen and oxygen atoms in total. The molecule has 1 saturated carbocycles. The second-order valence-electron chi connectivity index (χ2n) is 5.03. The Balaban J connectivity index is 2.33. The predicted octanol–water partition coefficient (Wildman–Crippen LogP) is 1.50. The van der Waals surface area contributed by atoms with E-state index >= 15 is 0 Å². The van der Waals surface area contributed by atoms with Crippen LogP contribution in [0.5, 0.6) is 0 Å². The molecule has 0 saturated heterocycles. The molecule has 110 valence electrons. The standard InChI is InChI=1S/C13H24N2O4/c1-19-10-6-5-9-14-12(18)15-13(11(16)17)7-3-2-4-8-13/h2-10H2,1H3,(H,16,17)(H2,14,15,18). The van der Waals surface area contributed by atoms with Gasteiger partial charge >= 0.3 is 12.0 Å². The van der Waals surface area contributed by atoms with Gasteiger partial charge in [-0.25, -0.2) is 9.59 Å². The molecule has 1 aliphatic carbocycles. The minimum absolute atomic E-state index is 0.387. The van der Waals surface area contributed by atoms with Crippen molar-refractivity contribution in [3.63, 3.8) is 0 Å². The number of urea groups is 1. The summed E-state index contributed by atoms with van der Waals surface area (Å²) in [4.78, 5) is 23.1. The van der Waals surface area contributed by atoms with E-state index in [1.54, 1.807) is 7.11 Å². The average Bonchev–Trinajstić information content (AvgIpc) is 2.39. The van der Waals surface area contributed by atoms with E-state index < -0.39 is 11.5 Å². The van der Waals surface area contributed by atoms with Gasteiger partial charge in [-0.15, -0.1) is 0 Å². The Morgan fingerprint density at radius 1 is 1.21 bits per heavy atom. The molecule has 3 N–H and O–H groups in total. The highest BCUT2D eigenvalue weighted by molar-refractivity contribution is 5.86. The molecule has 0 radical (unpaired) electrons. The van der Waals surface area contributed by atoms with Crippen LogP contribution in [0.15, 0.2) is 0 Å². The summed E-state index contributed by atoms with van der Waals surface area (Å²) in [7, 11) is 1.64. The second-order valence-corrected chi connectivity index (χ2v) is 5.03. The second kappa shape index (κ2) is 7.99. The monoisotopic (exact) mass is 272 g/mol. The molecule has 1 fully saturated rings. The molecule has 0 aliphatic heterocycles. The number of carbonyl (C=O) groups excluding carboxylic acids is 1. The maximum Gasteiger partial charge on any atom is 0.329 e. The molecule has 0 aromatic rings. The van der Waals surface area contributed by atoms with Crippen molar-refractivity contribution in [1.29, 1.82) is 0 Å². The first-order valence-electron chi connectivity index (χ1n) is 6.89. The molecule has 0 aromatic heterocycles. The number of ether oxygens (including phenoxy) is 1. The van der Waals surface area contributed by atoms with Gasteiger partial charge in [-0.1, -0.05) is 19.3 Å². The molecule has 0 atom stereocenters. The Hall–Kier alpha value is -1.30. The molecule has 0 aromatic carbocycles. The molecular weight excluding hydrogens is 248 g/mol. The highest BCUT2D eigenvalue weighted by Gasteiger charge is 2.40. The molecule has 0 bridgehead atoms. The summed E-state index contributed by atoms with van der Waals surface area (Å²) in [5.41, 5.74) is -1.07. The lowest BCUT2D eigenvalue weighted by molar-refractivity contribution is -0.145. The number of hydrogen-bond acceptors (Lipinski definition) is 3. The summed E-state index contributed by atoms with van der Waals surface area (Å²) < 4.78 is 4.91. The van der Waals surface area contributed by atoms with Crippen molar-refractivity contribution < 1.29 is 19.4 Å². The zero-order valence-electron chi connectivity index (χ0n) is 11.5. The van der Waals surface area contributed by atoms with Crippen LogP contribution in [-0.4, -0.2) is 42.9 Å². The van der Waals surface area contributed by atoms with E-state index in [1.165, 1.54) is 0 Å². The van der Waals surface area contributed by atoms with E-state index in [1.807, 2.05) is 0 Å². The van der Waals surface area contributed by atoms with Crippen LogP contribution in [-0.2, 0) is 9.53 Å². The SMILES string of the molecule is COCCCCNC(=O)NC1(C(=O)O)CCCCC1. The van der Waals surface area contributed by atoms with Gasteiger partial charge in [-0.05, 0) is 25.7 Å². The number of carbonyl (C=O) groups is 2. The maximum absolute atomic E-state index is 11.7. The Kier molecular flexibility index (Phi) is 6.62. The Morgan fingerprint density at radius 2 is 1.89 bits per heavy atom. The van der Waals surface area contributed by atoms with E-state index in [9.17, 15) is 14.7 Å². The molecule has 19 heavy (non-hydrogen) atoms. The van der Waals surface area contributed by atoms with Gasteiger partial charge in [-0.3, -0.25) is 0 Å². The Bertz CT molecular complexity index is 301. The lowest BCUT2D eigenvalue weighted by Crippen LogP contribution is -2.58. The van der Waals surface area contributed by atoms with Crippen molar-refractivity contribution in [2.24, 2.45) is 0 Å². The van der Waals surface area contributed by atoms with E-state index in [2.05, 4.69) is 10.6 Å². The molecular formula is C13H24N2O4. The van der Waals surface area contributed by atoms with Crippen LogP contribution in [0.3, 0.4) is 0 Å². The number of aliphatic carboxylic acids is 1. The predicted molar refractivity (Wildman–Crippen MR) is 71.1 cm³/mol. The van der Waals surface area contributed by atoms with E-state index in [0.717, 1.165) is 32.1 Å². The molecule has 0 spiro atoms. The number of carboxylic acids is 1. The summed E-state index contributed by atoms with van der Waals surface area (Å²) in [6.07, 6.45) is 5.46. The van der Waals surface area contributed by atoms with E-state index in [-0.39, 0.29) is 6.03 Å². The van der Waals surface area contributed by atoms with Gasteiger partial charge in [0, 0.05) is 20.3 Å². The maximum atomic E-state index is 11.7. The quantitative estimate of drug-likeness (QED) is 0.613. The van der Waals surface area contributed by atoms with Crippen LogP contribution in [0.2, 0.25) is 0 Å². The fourth-order valence-electron chi connectivity index (χ4n) is 2.38. The number of nitrogens with one attached hydrogen (secondary N) is 2. The lowest BCUT2D eigenvalue weighted by Gasteiger charge is -2.33. The summed E-state index contributed by atoms with van der Waals surface area (Å²) in [5, 5.41) is 14.7. The Morgan fingerprint density at radius 3 is 2.47 bits per heavy atom. The molecule has 0 heterocycles. The van der Waals surface area contributed by atoms with Crippen molar-refractivity contribution in [3.8, 4) is 0 Å². The first kappa shape index (κ1) is 15.8. The van der Waals surface area contributed by atoms with Crippen molar-refractivity contribution in [3.05, 3.63) is 0 Å². The number of unbranched alkanes of at least 4 members (excludes halogenated alkanes) is 1. The largest absolute Gasteiger partial charge is 0.480 e. The molecule has 1 rings (SSSR count). The van der Waals surface area contributed by atoms with Crippen molar-refractivity contribution in [2.45, 2.75) is 50.5 Å². The topological polar surface area (TPSA) is 87.7 Å². The summed E-state index contributed by atoms with van der Waals surface area (Å²) in [6.45, 7) is 1.20. The van der Waals surface area contributed by atoms with E-state index in [4.69, 9.17) is 4.74 Å². The van der Waals surface area contributed by atoms with Gasteiger partial charge in [0.2, 0.25) is 0 Å². The van der Waals surface area contributed by atoms with Crippen LogP contribution < -0.4 is 10.6 Å². The fraction of sp³-hybridized carbons (Fsp3) is 0.846. The van der Waals surface area contributed by atoms with Gasteiger partial charge < -0.3 is 20.5 Å². The molecule has 1 aliphatic rings.